The van der Waals surface area contributed by atoms with Crippen molar-refractivity contribution in [1.82, 2.24) is 44.4 Å². The third kappa shape index (κ3) is 9.07. The van der Waals surface area contributed by atoms with Gasteiger partial charge in [-0.15, -0.1) is 10.2 Å². The lowest BCUT2D eigenvalue weighted by Gasteiger charge is -2.33. The quantitative estimate of drug-likeness (QED) is 0.143. The molecule has 1 unspecified atom stereocenters. The predicted octanol–water partition coefficient (Wildman–Crippen LogP) is 5.99. The zero-order valence-electron chi connectivity index (χ0n) is 33.5. The molecule has 0 spiro atoms. The fraction of sp³-hybridized carbons (Fsp3) is 0.512. The van der Waals surface area contributed by atoms with Gasteiger partial charge in [-0.3, -0.25) is 24.1 Å². The summed E-state index contributed by atoms with van der Waals surface area (Å²) in [6.45, 7) is 13.0. The van der Waals surface area contributed by atoms with Crippen molar-refractivity contribution in [2.45, 2.75) is 102 Å². The van der Waals surface area contributed by atoms with Crippen LogP contribution < -0.4 is 20.3 Å². The van der Waals surface area contributed by atoms with E-state index in [1.807, 2.05) is 51.8 Å². The molecule has 2 amide bonds. The molecular formula is C41H55N11O5. The number of benzene rings is 1. The molecule has 16 nitrogen and oxygen atoms in total. The van der Waals surface area contributed by atoms with Crippen LogP contribution in [0, 0.1) is 0 Å². The normalized spacial score (nSPS) is 21.1. The number of nitrogens with one attached hydrogen (secondary N) is 2. The summed E-state index contributed by atoms with van der Waals surface area (Å²) in [4.78, 5) is 26.9. The van der Waals surface area contributed by atoms with Crippen LogP contribution >= 0.6 is 0 Å². The standard InChI is InChI=1S/C40H53N11O3.CH2O2/c1-27-10-8-9-18-49(27)39-45-44-36-16-13-30(26-50(36)39)54-34-15-14-33(31-11-6-7-12-32(31)34)42-38(52)43-37-22-35(40(2,3)4)46-51(37)28-23-41-48(24-28)21-20-47-19-17-29(25-47)53-5;2-1-3/h6-7,11-13,16,22-24,26-27,29,33-34H,8-10,14-15,17-21,25H2,1-5H3,(H2,42,43,52);1H,(H,2,3)/t27-,29?,33-,34+;/m0./s1. The number of fused-ring (bicyclic) bond motifs is 2. The van der Waals surface area contributed by atoms with Gasteiger partial charge in [-0.25, -0.2) is 9.48 Å². The van der Waals surface area contributed by atoms with Crippen molar-refractivity contribution in [3.05, 3.63) is 77.9 Å². The highest BCUT2D eigenvalue weighted by Crippen LogP contribution is 2.39. The summed E-state index contributed by atoms with van der Waals surface area (Å²) in [6, 6.07) is 14.1. The van der Waals surface area contributed by atoms with Gasteiger partial charge in [0, 0.05) is 50.8 Å². The van der Waals surface area contributed by atoms with Gasteiger partial charge in [0.05, 0.1) is 43.0 Å². The second-order valence-corrected chi connectivity index (χ2v) is 16.2. The SMILES string of the molecule is COC1CCN(CCn2cc(-n3nc(C(C)(C)C)cc3NC(=O)N[C@H]3CC[C@@H](Oc4ccc5nnc(N6CCCC[C@@H]6C)n5c4)c4ccccc43)cn2)C1.O=CO. The van der Waals surface area contributed by atoms with Crippen molar-refractivity contribution >= 4 is 29.9 Å². The zero-order chi connectivity index (χ0) is 40.1. The fourth-order valence-corrected chi connectivity index (χ4v) is 8.07. The summed E-state index contributed by atoms with van der Waals surface area (Å²) in [5, 5.41) is 31.8. The second kappa shape index (κ2) is 17.3. The topological polar surface area (TPSA) is 169 Å². The summed E-state index contributed by atoms with van der Waals surface area (Å²) in [7, 11) is 1.78. The first-order chi connectivity index (χ1) is 27.5. The van der Waals surface area contributed by atoms with E-state index in [0.29, 0.717) is 18.0 Å². The molecule has 3 aliphatic rings. The number of urea groups is 1. The molecule has 1 aliphatic carbocycles. The van der Waals surface area contributed by atoms with Crippen molar-refractivity contribution < 1.29 is 24.2 Å². The number of carbonyl (C=O) groups is 2. The van der Waals surface area contributed by atoms with Crippen molar-refractivity contribution in [3.63, 3.8) is 0 Å². The van der Waals surface area contributed by atoms with Crippen LogP contribution in [0.2, 0.25) is 0 Å². The van der Waals surface area contributed by atoms with E-state index < -0.39 is 0 Å². The molecule has 4 atom stereocenters. The molecule has 6 heterocycles. The summed E-state index contributed by atoms with van der Waals surface area (Å²) < 4.78 is 18.0. The summed E-state index contributed by atoms with van der Waals surface area (Å²) in [6.07, 6.45) is 12.0. The largest absolute Gasteiger partial charge is 0.484 e. The molecular weight excluding hydrogens is 727 g/mol. The number of carbonyl (C=O) groups excluding carboxylic acids is 1. The lowest BCUT2D eigenvalue weighted by atomic mass is 9.85. The first-order valence-electron chi connectivity index (χ1n) is 20.0. The molecule has 1 aromatic carbocycles. The molecule has 57 heavy (non-hydrogen) atoms. The Hall–Kier alpha value is -5.48. The van der Waals surface area contributed by atoms with E-state index in [-0.39, 0.29) is 30.1 Å². The number of methoxy groups -OCH3 is 1. The molecule has 3 N–H and O–H groups in total. The lowest BCUT2D eigenvalue weighted by Crippen LogP contribution is -2.38. The molecule has 16 heteroatoms. The third-order valence-corrected chi connectivity index (χ3v) is 11.2. The smallest absolute Gasteiger partial charge is 0.320 e. The number of nitrogens with zero attached hydrogens (tertiary/aromatic N) is 9. The van der Waals surface area contributed by atoms with Gasteiger partial charge in [-0.05, 0) is 68.7 Å². The number of aromatic nitrogens is 7. The Morgan fingerprint density at radius 2 is 1.81 bits per heavy atom. The Morgan fingerprint density at radius 3 is 2.56 bits per heavy atom. The van der Waals surface area contributed by atoms with E-state index >= 15 is 0 Å². The molecule has 0 radical (unpaired) electrons. The number of anilines is 2. The van der Waals surface area contributed by atoms with Gasteiger partial charge in [0.15, 0.2) is 5.65 Å². The van der Waals surface area contributed by atoms with Crippen LogP contribution in [0.4, 0.5) is 16.6 Å². The third-order valence-electron chi connectivity index (χ3n) is 11.2. The first-order valence-corrected chi connectivity index (χ1v) is 20.0. The van der Waals surface area contributed by atoms with Crippen LogP contribution in [0.25, 0.3) is 11.3 Å². The maximum absolute atomic E-state index is 13.7. The minimum atomic E-state index is -0.289. The van der Waals surface area contributed by atoms with Crippen molar-refractivity contribution in [1.29, 1.82) is 0 Å². The van der Waals surface area contributed by atoms with Gasteiger partial charge in [-0.1, -0.05) is 45.0 Å². The summed E-state index contributed by atoms with van der Waals surface area (Å²) >= 11 is 0. The van der Waals surface area contributed by atoms with Crippen LogP contribution in [0.5, 0.6) is 5.75 Å². The maximum atomic E-state index is 13.7. The Morgan fingerprint density at radius 1 is 1.00 bits per heavy atom. The first kappa shape index (κ1) is 39.7. The van der Waals surface area contributed by atoms with E-state index in [4.69, 9.17) is 24.5 Å². The van der Waals surface area contributed by atoms with Crippen molar-refractivity contribution in [3.8, 4) is 11.4 Å². The van der Waals surface area contributed by atoms with Gasteiger partial charge in [0.25, 0.3) is 6.47 Å². The Balaban J connectivity index is 0.00000160. The number of likely N-dealkylation sites (tertiary alicyclic amines) is 1. The number of carboxylic acid groups (broad SMARTS) is 1. The molecule has 2 aliphatic heterocycles. The van der Waals surface area contributed by atoms with Gasteiger partial charge in [0.1, 0.15) is 23.4 Å². The van der Waals surface area contributed by atoms with E-state index in [0.717, 1.165) is 105 Å². The highest BCUT2D eigenvalue weighted by molar-refractivity contribution is 5.89. The van der Waals surface area contributed by atoms with E-state index in [1.54, 1.807) is 18.0 Å². The zero-order valence-corrected chi connectivity index (χ0v) is 33.5. The lowest BCUT2D eigenvalue weighted by molar-refractivity contribution is -0.122. The summed E-state index contributed by atoms with van der Waals surface area (Å²) in [5.74, 6) is 2.22. The predicted molar refractivity (Wildman–Crippen MR) is 216 cm³/mol. The molecule has 5 aromatic rings. The molecule has 2 saturated heterocycles. The number of hydrogen-bond donors (Lipinski definition) is 3. The Labute approximate surface area is 333 Å². The monoisotopic (exact) mass is 781 g/mol. The van der Waals surface area contributed by atoms with E-state index in [1.165, 1.54) is 6.42 Å². The molecule has 4 aromatic heterocycles. The van der Waals surface area contributed by atoms with Crippen LogP contribution in [-0.4, -0.2) is 102 Å². The number of hydrogen-bond acceptors (Lipinski definition) is 10. The number of pyridine rings is 1. The minimum Gasteiger partial charge on any atom is -0.484 e. The number of piperidine rings is 1. The van der Waals surface area contributed by atoms with Crippen LogP contribution in [-0.2, 0) is 21.5 Å². The van der Waals surface area contributed by atoms with Gasteiger partial charge >= 0.3 is 6.03 Å². The van der Waals surface area contributed by atoms with Crippen LogP contribution in [0.15, 0.2) is 61.1 Å². The average molecular weight is 782 g/mol. The van der Waals surface area contributed by atoms with E-state index in [9.17, 15) is 4.79 Å². The second-order valence-electron chi connectivity index (χ2n) is 16.2. The molecule has 2 fully saturated rings. The Bertz CT molecular complexity index is 2140. The minimum absolute atomic E-state index is 0.159. The van der Waals surface area contributed by atoms with Gasteiger partial charge in [0.2, 0.25) is 5.95 Å². The van der Waals surface area contributed by atoms with E-state index in [2.05, 4.69) is 75.6 Å². The van der Waals surface area contributed by atoms with Gasteiger partial charge < -0.3 is 24.8 Å². The highest BCUT2D eigenvalue weighted by atomic mass is 16.5. The maximum Gasteiger partial charge on any atom is 0.320 e. The van der Waals surface area contributed by atoms with Crippen molar-refractivity contribution in [2.75, 3.05) is 43.5 Å². The molecule has 0 saturated carbocycles. The van der Waals surface area contributed by atoms with Crippen LogP contribution in [0.3, 0.4) is 0 Å². The van der Waals surface area contributed by atoms with Gasteiger partial charge in [-0.2, -0.15) is 10.2 Å². The molecule has 8 rings (SSSR count). The molecule has 304 valence electrons. The van der Waals surface area contributed by atoms with Crippen molar-refractivity contribution in [2.24, 2.45) is 0 Å². The number of rotatable bonds is 10. The average Bonchev–Trinajstić information content (AvgIpc) is 4.02. The molecule has 0 bridgehead atoms. The van der Waals surface area contributed by atoms with Crippen LogP contribution in [0.1, 0.15) is 95.2 Å². The number of amides is 2. The Kier molecular flexibility index (Phi) is 12.1. The number of ether oxygens (including phenoxy) is 2. The highest BCUT2D eigenvalue weighted by Gasteiger charge is 2.31. The fourth-order valence-electron chi connectivity index (χ4n) is 8.07. The summed E-state index contributed by atoms with van der Waals surface area (Å²) in [5.41, 5.74) is 4.38.